The molecule has 480 valence electrons. The molecular weight excluding hydrogens is 1010 g/mol. The van der Waals surface area contributed by atoms with Gasteiger partial charge in [-0.25, -0.2) is 0 Å². The molecule has 0 radical (unpaired) electrons. The summed E-state index contributed by atoms with van der Waals surface area (Å²) in [5.74, 6) is -0.862. The molecule has 0 rings (SSSR count). The largest absolute Gasteiger partial charge is 0.462 e. The number of rotatable bonds is 68. The molecule has 0 fully saturated rings. The summed E-state index contributed by atoms with van der Waals surface area (Å²) >= 11 is 0. The lowest BCUT2D eigenvalue weighted by Gasteiger charge is -2.18. The molecular formula is C76H140O6. The molecule has 6 heteroatoms. The SMILES string of the molecule is CCC/C=C\C/C=C\CCCCCCCC(=O)OCC(COC(=O)CCCCCCCCCCCCCCCCCCCCCCCCCCCC)OC(=O)CCCCCCCCCCCCCCC/C=C\C/C=C\CCCCCCC. The van der Waals surface area contributed by atoms with Crippen LogP contribution < -0.4 is 0 Å². The van der Waals surface area contributed by atoms with E-state index >= 15 is 0 Å². The van der Waals surface area contributed by atoms with Gasteiger partial charge in [-0.05, 0) is 77.0 Å². The van der Waals surface area contributed by atoms with Gasteiger partial charge in [0.05, 0.1) is 0 Å². The highest BCUT2D eigenvalue weighted by Gasteiger charge is 2.19. The zero-order valence-corrected chi connectivity index (χ0v) is 55.3. The van der Waals surface area contributed by atoms with Crippen LogP contribution in [0.2, 0.25) is 0 Å². The highest BCUT2D eigenvalue weighted by atomic mass is 16.6. The van der Waals surface area contributed by atoms with Crippen LogP contribution in [0.1, 0.15) is 400 Å². The Morgan fingerprint density at radius 2 is 0.463 bits per heavy atom. The van der Waals surface area contributed by atoms with Crippen LogP contribution in [0.25, 0.3) is 0 Å². The quantitative estimate of drug-likeness (QED) is 0.0261. The topological polar surface area (TPSA) is 78.9 Å². The summed E-state index contributed by atoms with van der Waals surface area (Å²) in [7, 11) is 0. The van der Waals surface area contributed by atoms with Gasteiger partial charge in [-0.1, -0.05) is 352 Å². The first kappa shape index (κ1) is 79.4. The first-order valence-electron chi connectivity index (χ1n) is 36.6. The fraction of sp³-hybridized carbons (Fsp3) is 0.855. The molecule has 0 aromatic rings. The third-order valence-electron chi connectivity index (χ3n) is 16.5. The molecule has 0 amide bonds. The van der Waals surface area contributed by atoms with Gasteiger partial charge in [-0.2, -0.15) is 0 Å². The van der Waals surface area contributed by atoms with Crippen LogP contribution in [0.5, 0.6) is 0 Å². The van der Waals surface area contributed by atoms with Gasteiger partial charge >= 0.3 is 17.9 Å². The molecule has 0 saturated carbocycles. The molecule has 0 aliphatic rings. The summed E-state index contributed by atoms with van der Waals surface area (Å²) in [4.78, 5) is 38.4. The summed E-state index contributed by atoms with van der Waals surface area (Å²) in [6.07, 6.45) is 90.1. The Morgan fingerprint density at radius 1 is 0.244 bits per heavy atom. The Balaban J connectivity index is 4.21. The minimum Gasteiger partial charge on any atom is -0.462 e. The monoisotopic (exact) mass is 1150 g/mol. The predicted molar refractivity (Wildman–Crippen MR) is 358 cm³/mol. The van der Waals surface area contributed by atoms with Crippen molar-refractivity contribution >= 4 is 17.9 Å². The van der Waals surface area contributed by atoms with E-state index in [1.807, 2.05) is 0 Å². The number of carbonyl (C=O) groups excluding carboxylic acids is 3. The van der Waals surface area contributed by atoms with Crippen molar-refractivity contribution in [2.24, 2.45) is 0 Å². The van der Waals surface area contributed by atoms with Gasteiger partial charge in [0.1, 0.15) is 13.2 Å². The van der Waals surface area contributed by atoms with E-state index < -0.39 is 6.10 Å². The van der Waals surface area contributed by atoms with Gasteiger partial charge in [0.25, 0.3) is 0 Å². The molecule has 0 bridgehead atoms. The Kier molecular flexibility index (Phi) is 68.6. The maximum absolute atomic E-state index is 13.0. The third-order valence-corrected chi connectivity index (χ3v) is 16.5. The normalized spacial score (nSPS) is 12.3. The number of allylic oxidation sites excluding steroid dienone is 8. The molecule has 1 unspecified atom stereocenters. The van der Waals surface area contributed by atoms with Crippen LogP contribution in [0.3, 0.4) is 0 Å². The zero-order chi connectivity index (χ0) is 59.2. The number of hydrogen-bond acceptors (Lipinski definition) is 6. The van der Waals surface area contributed by atoms with Gasteiger partial charge < -0.3 is 14.2 Å². The molecule has 82 heavy (non-hydrogen) atoms. The number of ether oxygens (including phenoxy) is 3. The summed E-state index contributed by atoms with van der Waals surface area (Å²) in [6.45, 7) is 6.63. The van der Waals surface area contributed by atoms with Gasteiger partial charge in [-0.15, -0.1) is 0 Å². The predicted octanol–water partition coefficient (Wildman–Crippen LogP) is 25.3. The average molecular weight is 1150 g/mol. The van der Waals surface area contributed by atoms with Gasteiger partial charge in [-0.3, -0.25) is 14.4 Å². The van der Waals surface area contributed by atoms with Crippen molar-refractivity contribution in [1.29, 1.82) is 0 Å². The van der Waals surface area contributed by atoms with Gasteiger partial charge in [0.15, 0.2) is 6.10 Å². The molecule has 0 aromatic carbocycles. The lowest BCUT2D eigenvalue weighted by atomic mass is 10.0. The van der Waals surface area contributed by atoms with Crippen LogP contribution in [-0.2, 0) is 28.6 Å². The van der Waals surface area contributed by atoms with E-state index in [9.17, 15) is 14.4 Å². The van der Waals surface area contributed by atoms with Crippen molar-refractivity contribution in [3.05, 3.63) is 48.6 Å². The van der Waals surface area contributed by atoms with Crippen molar-refractivity contribution in [3.8, 4) is 0 Å². The molecule has 0 heterocycles. The summed E-state index contributed by atoms with van der Waals surface area (Å²) < 4.78 is 17.0. The second-order valence-electron chi connectivity index (χ2n) is 24.9. The molecule has 0 aliphatic carbocycles. The lowest BCUT2D eigenvalue weighted by Crippen LogP contribution is -2.30. The minimum atomic E-state index is -0.779. The summed E-state index contributed by atoms with van der Waals surface area (Å²) in [5, 5.41) is 0. The van der Waals surface area contributed by atoms with E-state index in [0.717, 1.165) is 89.9 Å². The zero-order valence-electron chi connectivity index (χ0n) is 55.3. The maximum atomic E-state index is 13.0. The van der Waals surface area contributed by atoms with E-state index in [4.69, 9.17) is 14.2 Å². The van der Waals surface area contributed by atoms with Gasteiger partial charge in [0, 0.05) is 19.3 Å². The molecule has 0 aliphatic heterocycles. The second-order valence-corrected chi connectivity index (χ2v) is 24.9. The Morgan fingerprint density at radius 3 is 0.720 bits per heavy atom. The van der Waals surface area contributed by atoms with E-state index in [-0.39, 0.29) is 31.1 Å². The standard InChI is InChI=1S/C76H140O6/c1-4-7-10-13-16-19-22-25-27-29-31-33-35-37-39-40-42-44-46-48-51-54-57-60-63-66-69-75(78)81-72-73(71-80-74(77)68-65-62-59-56-53-50-24-21-18-15-12-9-6-3)82-76(79)70-67-64-61-58-55-52-49-47-45-43-41-38-36-34-32-30-28-26-23-20-17-14-11-8-5-2/h12,15,21,23-24,26,30,32,73H,4-11,13-14,16-20,22,25,27-29,31,33-72H2,1-3H3/b15-12-,24-21-,26-23-,32-30-. The third kappa shape index (κ3) is 68.2. The molecule has 0 N–H and O–H groups in total. The van der Waals surface area contributed by atoms with Crippen LogP contribution in [0.4, 0.5) is 0 Å². The van der Waals surface area contributed by atoms with E-state index in [0.29, 0.717) is 19.3 Å². The average Bonchev–Trinajstić information content (AvgIpc) is 3.47. The molecule has 0 spiro atoms. The number of unbranched alkanes of at least 4 members (excludes halogenated alkanes) is 49. The van der Waals surface area contributed by atoms with Crippen molar-refractivity contribution in [3.63, 3.8) is 0 Å². The molecule has 1 atom stereocenters. The molecule has 0 saturated heterocycles. The highest BCUT2D eigenvalue weighted by molar-refractivity contribution is 5.71. The molecule has 6 nitrogen and oxygen atoms in total. The maximum Gasteiger partial charge on any atom is 0.306 e. The fourth-order valence-corrected chi connectivity index (χ4v) is 11.0. The molecule has 0 aromatic heterocycles. The van der Waals surface area contributed by atoms with Crippen LogP contribution >= 0.6 is 0 Å². The van der Waals surface area contributed by atoms with Crippen LogP contribution in [-0.4, -0.2) is 37.2 Å². The van der Waals surface area contributed by atoms with Crippen LogP contribution in [0.15, 0.2) is 48.6 Å². The highest BCUT2D eigenvalue weighted by Crippen LogP contribution is 2.19. The summed E-state index contributed by atoms with van der Waals surface area (Å²) in [5.41, 5.74) is 0. The van der Waals surface area contributed by atoms with E-state index in [2.05, 4.69) is 69.4 Å². The number of esters is 3. The summed E-state index contributed by atoms with van der Waals surface area (Å²) in [6, 6.07) is 0. The van der Waals surface area contributed by atoms with Crippen molar-refractivity contribution in [2.75, 3.05) is 13.2 Å². The van der Waals surface area contributed by atoms with Gasteiger partial charge in [0.2, 0.25) is 0 Å². The minimum absolute atomic E-state index is 0.0734. The fourth-order valence-electron chi connectivity index (χ4n) is 11.0. The Labute approximate surface area is 511 Å². The van der Waals surface area contributed by atoms with Crippen molar-refractivity contribution in [1.82, 2.24) is 0 Å². The smallest absolute Gasteiger partial charge is 0.306 e. The Hall–Kier alpha value is -2.63. The second kappa shape index (κ2) is 70.9. The number of carbonyl (C=O) groups is 3. The lowest BCUT2D eigenvalue weighted by molar-refractivity contribution is -0.167. The Bertz CT molecular complexity index is 1410. The van der Waals surface area contributed by atoms with Crippen LogP contribution in [0, 0.1) is 0 Å². The van der Waals surface area contributed by atoms with E-state index in [1.165, 1.54) is 270 Å². The van der Waals surface area contributed by atoms with Crippen molar-refractivity contribution in [2.45, 2.75) is 406 Å². The van der Waals surface area contributed by atoms with E-state index in [1.54, 1.807) is 0 Å². The first-order valence-corrected chi connectivity index (χ1v) is 36.6. The first-order chi connectivity index (χ1) is 40.5. The number of hydrogen-bond donors (Lipinski definition) is 0. The van der Waals surface area contributed by atoms with Crippen molar-refractivity contribution < 1.29 is 28.6 Å².